The third kappa shape index (κ3) is 1.57. The molecule has 0 saturated heterocycles. The lowest BCUT2D eigenvalue weighted by Crippen LogP contribution is -1.80. The smallest absolute Gasteiger partial charge is 0.182 e. The number of rotatable bonds is 1. The minimum Gasteiger partial charge on any atom is -0.195 e. The molecule has 0 aliphatic heterocycles. The Hall–Kier alpha value is 0.130. The normalized spacial score (nSPS) is 11.0. The van der Waals surface area contributed by atoms with Crippen molar-refractivity contribution in [1.82, 2.24) is 0 Å². The Morgan fingerprint density at radius 2 is 2.23 bits per heavy atom. The molecule has 0 spiro atoms. The molecule has 0 radical (unpaired) electrons. The van der Waals surface area contributed by atoms with Crippen LogP contribution in [0.2, 0.25) is 0 Å². The Kier molecular flexibility index (Phi) is 2.76. The van der Waals surface area contributed by atoms with Crippen LogP contribution >= 0.6 is 45.5 Å². The van der Waals surface area contributed by atoms with Gasteiger partial charge >= 0.3 is 0 Å². The van der Waals surface area contributed by atoms with Gasteiger partial charge in [0.05, 0.1) is 5.88 Å². The van der Waals surface area contributed by atoms with Gasteiger partial charge in [-0.3, -0.25) is 0 Å². The minimum absolute atomic E-state index is 0.158. The zero-order chi connectivity index (χ0) is 9.42. The van der Waals surface area contributed by atoms with E-state index < -0.39 is 0 Å². The Bertz CT molecular complexity index is 452. The first kappa shape index (κ1) is 9.68. The summed E-state index contributed by atoms with van der Waals surface area (Å²) in [4.78, 5) is 0. The predicted molar refractivity (Wildman–Crippen MR) is 64.1 cm³/mol. The molecule has 68 valence electrons. The highest BCUT2D eigenvalue weighted by molar-refractivity contribution is 14.1. The van der Waals surface area contributed by atoms with Crippen molar-refractivity contribution in [2.75, 3.05) is 0 Å². The third-order valence-electron chi connectivity index (χ3n) is 1.85. The van der Waals surface area contributed by atoms with Gasteiger partial charge in [0.25, 0.3) is 0 Å². The first-order valence-corrected chi connectivity index (χ1v) is 6.08. The first-order valence-electron chi connectivity index (χ1n) is 3.65. The summed E-state index contributed by atoms with van der Waals surface area (Å²) in [6.07, 6.45) is 0. The molecule has 0 N–H and O–H groups in total. The van der Waals surface area contributed by atoms with Crippen molar-refractivity contribution < 1.29 is 4.39 Å². The summed E-state index contributed by atoms with van der Waals surface area (Å²) in [6.45, 7) is 0. The number of alkyl halides is 1. The summed E-state index contributed by atoms with van der Waals surface area (Å²) in [5.74, 6) is 0.242. The van der Waals surface area contributed by atoms with Gasteiger partial charge in [0, 0.05) is 19.2 Å². The van der Waals surface area contributed by atoms with Crippen molar-refractivity contribution in [3.8, 4) is 0 Å². The summed E-state index contributed by atoms with van der Waals surface area (Å²) < 4.78 is 15.3. The number of hydrogen-bond donors (Lipinski definition) is 0. The average Bonchev–Trinajstić information content (AvgIpc) is 2.42. The van der Waals surface area contributed by atoms with Crippen LogP contribution in [-0.2, 0) is 5.88 Å². The van der Waals surface area contributed by atoms with Crippen molar-refractivity contribution in [2.45, 2.75) is 5.88 Å². The van der Waals surface area contributed by atoms with Gasteiger partial charge in [-0.2, -0.15) is 4.39 Å². The van der Waals surface area contributed by atoms with Crippen LogP contribution in [0.25, 0.3) is 10.1 Å². The molecule has 0 amide bonds. The van der Waals surface area contributed by atoms with Crippen molar-refractivity contribution in [3.05, 3.63) is 32.5 Å². The zero-order valence-corrected chi connectivity index (χ0v) is 10.2. The molecule has 0 atom stereocenters. The number of hydrogen-bond acceptors (Lipinski definition) is 1. The van der Waals surface area contributed by atoms with Crippen LogP contribution < -0.4 is 0 Å². The summed E-state index contributed by atoms with van der Waals surface area (Å²) in [6, 6.07) is 5.81. The van der Waals surface area contributed by atoms with Crippen molar-refractivity contribution >= 4 is 55.6 Å². The lowest BCUT2D eigenvalue weighted by Gasteiger charge is -1.95. The van der Waals surface area contributed by atoms with Gasteiger partial charge < -0.3 is 0 Å². The topological polar surface area (TPSA) is 0 Å². The van der Waals surface area contributed by atoms with E-state index in [1.807, 2.05) is 18.2 Å². The SMILES string of the molecule is Fc1sc2cccc(I)c2c1CCl. The molecule has 0 aliphatic rings. The molecular weight excluding hydrogens is 322 g/mol. The largest absolute Gasteiger partial charge is 0.195 e. The van der Waals surface area contributed by atoms with E-state index in [1.165, 1.54) is 0 Å². The third-order valence-corrected chi connectivity index (χ3v) is 4.00. The van der Waals surface area contributed by atoms with E-state index in [4.69, 9.17) is 11.6 Å². The van der Waals surface area contributed by atoms with Crippen molar-refractivity contribution in [1.29, 1.82) is 0 Å². The monoisotopic (exact) mass is 326 g/mol. The van der Waals surface area contributed by atoms with E-state index >= 15 is 0 Å². The van der Waals surface area contributed by atoms with E-state index in [1.54, 1.807) is 0 Å². The molecule has 13 heavy (non-hydrogen) atoms. The van der Waals surface area contributed by atoms with Gasteiger partial charge in [-0.05, 0) is 34.7 Å². The molecule has 0 aliphatic carbocycles. The van der Waals surface area contributed by atoms with E-state index in [0.717, 1.165) is 25.0 Å². The molecule has 1 heterocycles. The second kappa shape index (κ2) is 3.71. The minimum atomic E-state index is -0.158. The van der Waals surface area contributed by atoms with E-state index in [2.05, 4.69) is 22.6 Å². The Labute approximate surface area is 97.8 Å². The van der Waals surface area contributed by atoms with Gasteiger partial charge in [-0.15, -0.1) is 22.9 Å². The number of fused-ring (bicyclic) bond motifs is 1. The van der Waals surface area contributed by atoms with Crippen molar-refractivity contribution in [2.24, 2.45) is 0 Å². The number of halogens is 3. The van der Waals surface area contributed by atoms with Crippen LogP contribution in [-0.4, -0.2) is 0 Å². The molecule has 4 heteroatoms. The fourth-order valence-electron chi connectivity index (χ4n) is 1.26. The van der Waals surface area contributed by atoms with Gasteiger partial charge in [0.2, 0.25) is 0 Å². The molecule has 0 bridgehead atoms. The Morgan fingerprint density at radius 1 is 1.46 bits per heavy atom. The molecule has 0 fully saturated rings. The van der Waals surface area contributed by atoms with E-state index in [9.17, 15) is 4.39 Å². The molecule has 1 aromatic carbocycles. The van der Waals surface area contributed by atoms with Gasteiger partial charge in [0.15, 0.2) is 5.13 Å². The maximum Gasteiger partial charge on any atom is 0.182 e. The van der Waals surface area contributed by atoms with Gasteiger partial charge in [0.1, 0.15) is 0 Å². The van der Waals surface area contributed by atoms with Crippen LogP contribution in [0.5, 0.6) is 0 Å². The molecule has 1 aromatic heterocycles. The Balaban J connectivity index is 2.88. The highest BCUT2D eigenvalue weighted by Crippen LogP contribution is 2.33. The first-order chi connectivity index (χ1) is 6.24. The van der Waals surface area contributed by atoms with Crippen LogP contribution in [0.4, 0.5) is 4.39 Å². The fraction of sp³-hybridized carbons (Fsp3) is 0.111. The highest BCUT2D eigenvalue weighted by atomic mass is 127. The maximum absolute atomic E-state index is 13.3. The maximum atomic E-state index is 13.3. The van der Waals surface area contributed by atoms with Crippen molar-refractivity contribution in [3.63, 3.8) is 0 Å². The zero-order valence-electron chi connectivity index (χ0n) is 6.48. The van der Waals surface area contributed by atoms with E-state index in [-0.39, 0.29) is 11.0 Å². The lowest BCUT2D eigenvalue weighted by molar-refractivity contribution is 0.648. The molecule has 0 saturated carbocycles. The average molecular weight is 327 g/mol. The van der Waals surface area contributed by atoms with Crippen LogP contribution in [0, 0.1) is 8.70 Å². The Morgan fingerprint density at radius 3 is 2.92 bits per heavy atom. The lowest BCUT2D eigenvalue weighted by atomic mass is 10.2. The summed E-state index contributed by atoms with van der Waals surface area (Å²) in [5.41, 5.74) is 0.631. The summed E-state index contributed by atoms with van der Waals surface area (Å²) >= 11 is 9.05. The number of benzene rings is 1. The standard InChI is InChI=1S/C9H5ClFIS/c10-4-5-8-6(12)2-1-3-7(8)13-9(5)11/h1-3H,4H2. The molecular formula is C9H5ClFIS. The number of thiophene rings is 1. The van der Waals surface area contributed by atoms with Crippen LogP contribution in [0.1, 0.15) is 5.56 Å². The van der Waals surface area contributed by atoms with E-state index in [0.29, 0.717) is 5.56 Å². The molecule has 0 unspecified atom stereocenters. The predicted octanol–water partition coefficient (Wildman–Crippen LogP) is 4.38. The molecule has 2 aromatic rings. The second-order valence-corrected chi connectivity index (χ2v) is 5.03. The van der Waals surface area contributed by atoms with Gasteiger partial charge in [-0.25, -0.2) is 0 Å². The summed E-state index contributed by atoms with van der Waals surface area (Å²) in [7, 11) is 0. The molecule has 0 nitrogen and oxygen atoms in total. The van der Waals surface area contributed by atoms with Crippen LogP contribution in [0.3, 0.4) is 0 Å². The fourth-order valence-corrected chi connectivity index (χ4v) is 3.57. The molecule has 2 rings (SSSR count). The highest BCUT2D eigenvalue weighted by Gasteiger charge is 2.12. The second-order valence-electron chi connectivity index (χ2n) is 2.60. The van der Waals surface area contributed by atoms with Gasteiger partial charge in [-0.1, -0.05) is 6.07 Å². The quantitative estimate of drug-likeness (QED) is 0.539. The van der Waals surface area contributed by atoms with Crippen LogP contribution in [0.15, 0.2) is 18.2 Å². The summed E-state index contributed by atoms with van der Waals surface area (Å²) in [5, 5.41) is 0.815.